The summed E-state index contributed by atoms with van der Waals surface area (Å²) in [5, 5.41) is 1.11. The van der Waals surface area contributed by atoms with E-state index in [-0.39, 0.29) is 11.7 Å². The van der Waals surface area contributed by atoms with E-state index >= 15 is 0 Å². The largest absolute Gasteiger partial charge is 0.493 e. The molecule has 0 aliphatic carbocycles. The number of hydrogen-bond donors (Lipinski definition) is 0. The summed E-state index contributed by atoms with van der Waals surface area (Å²) in [7, 11) is 4.47. The van der Waals surface area contributed by atoms with Crippen molar-refractivity contribution in [1.29, 1.82) is 0 Å². The van der Waals surface area contributed by atoms with E-state index < -0.39 is 0 Å². The predicted octanol–water partition coefficient (Wildman–Crippen LogP) is 3.68. The molecule has 0 spiro atoms. The Morgan fingerprint density at radius 1 is 1.08 bits per heavy atom. The maximum absolute atomic E-state index is 13.3. The lowest BCUT2D eigenvalue weighted by atomic mass is 9.97. The standard InChI is InChI=1S/C20H22FNO4/c1-5-26-18-11-8-15(12-19(18)24-3)17(13-20(23)22(2)25-4)14-6-9-16(21)10-7-14/h6-13H,5H2,1-4H3. The van der Waals surface area contributed by atoms with Crippen LogP contribution in [0.15, 0.2) is 48.5 Å². The van der Waals surface area contributed by atoms with Gasteiger partial charge in [0.25, 0.3) is 5.91 Å². The minimum absolute atomic E-state index is 0.348. The summed E-state index contributed by atoms with van der Waals surface area (Å²) in [6.07, 6.45) is 1.44. The molecule has 0 saturated carbocycles. The highest BCUT2D eigenvalue weighted by Crippen LogP contribution is 2.33. The third-order valence-electron chi connectivity index (χ3n) is 3.78. The third-order valence-corrected chi connectivity index (χ3v) is 3.78. The molecule has 0 heterocycles. The first-order chi connectivity index (χ1) is 12.5. The molecule has 138 valence electrons. The van der Waals surface area contributed by atoms with Crippen molar-refractivity contribution < 1.29 is 23.5 Å². The number of carbonyl (C=O) groups excluding carboxylic acids is 1. The van der Waals surface area contributed by atoms with Crippen LogP contribution in [0.5, 0.6) is 11.5 Å². The Bertz CT molecular complexity index is 787. The number of methoxy groups -OCH3 is 1. The molecular formula is C20H22FNO4. The molecule has 0 fully saturated rings. The molecule has 2 aromatic carbocycles. The lowest BCUT2D eigenvalue weighted by molar-refractivity contribution is -0.162. The molecule has 0 saturated heterocycles. The molecule has 0 atom stereocenters. The van der Waals surface area contributed by atoms with Crippen LogP contribution in [-0.2, 0) is 9.63 Å². The highest BCUT2D eigenvalue weighted by atomic mass is 19.1. The predicted molar refractivity (Wildman–Crippen MR) is 97.4 cm³/mol. The van der Waals surface area contributed by atoms with Gasteiger partial charge in [-0.2, -0.15) is 0 Å². The number of hydrogen-bond acceptors (Lipinski definition) is 4. The normalized spacial score (nSPS) is 11.2. The van der Waals surface area contributed by atoms with E-state index in [1.54, 1.807) is 31.4 Å². The van der Waals surface area contributed by atoms with Crippen LogP contribution in [0.2, 0.25) is 0 Å². The molecular weight excluding hydrogens is 337 g/mol. The first kappa shape index (κ1) is 19.5. The van der Waals surface area contributed by atoms with Gasteiger partial charge >= 0.3 is 0 Å². The number of carbonyl (C=O) groups is 1. The number of nitrogens with zero attached hydrogens (tertiary/aromatic N) is 1. The van der Waals surface area contributed by atoms with E-state index in [0.717, 1.165) is 10.6 Å². The fraction of sp³-hybridized carbons (Fsp3) is 0.250. The third kappa shape index (κ3) is 4.61. The molecule has 0 unspecified atom stereocenters. The van der Waals surface area contributed by atoms with Crippen LogP contribution in [0.25, 0.3) is 5.57 Å². The van der Waals surface area contributed by atoms with Crippen molar-refractivity contribution in [3.8, 4) is 11.5 Å². The molecule has 5 nitrogen and oxygen atoms in total. The lowest BCUT2D eigenvalue weighted by Gasteiger charge is -2.15. The van der Waals surface area contributed by atoms with E-state index in [1.807, 2.05) is 13.0 Å². The molecule has 0 aromatic heterocycles. The van der Waals surface area contributed by atoms with Gasteiger partial charge in [0.1, 0.15) is 5.82 Å². The van der Waals surface area contributed by atoms with E-state index in [1.165, 1.54) is 32.4 Å². The highest BCUT2D eigenvalue weighted by Gasteiger charge is 2.14. The van der Waals surface area contributed by atoms with E-state index in [9.17, 15) is 9.18 Å². The van der Waals surface area contributed by atoms with Gasteiger partial charge in [0, 0.05) is 13.1 Å². The van der Waals surface area contributed by atoms with Gasteiger partial charge in [0.15, 0.2) is 11.5 Å². The van der Waals surface area contributed by atoms with Gasteiger partial charge in [0.05, 0.1) is 20.8 Å². The number of hydroxylamine groups is 2. The van der Waals surface area contributed by atoms with Crippen molar-refractivity contribution in [2.45, 2.75) is 6.92 Å². The zero-order valence-electron chi connectivity index (χ0n) is 15.3. The van der Waals surface area contributed by atoms with Crippen LogP contribution in [0.1, 0.15) is 18.1 Å². The molecule has 2 aromatic rings. The van der Waals surface area contributed by atoms with Gasteiger partial charge in [-0.15, -0.1) is 0 Å². The van der Waals surface area contributed by atoms with Crippen LogP contribution < -0.4 is 9.47 Å². The summed E-state index contributed by atoms with van der Waals surface area (Å²) < 4.78 is 24.2. The average molecular weight is 359 g/mol. The van der Waals surface area contributed by atoms with Crippen molar-refractivity contribution in [2.75, 3.05) is 27.9 Å². The Morgan fingerprint density at radius 3 is 2.31 bits per heavy atom. The second kappa shape index (κ2) is 9.01. The molecule has 2 rings (SSSR count). The summed E-state index contributed by atoms with van der Waals surface area (Å²) in [4.78, 5) is 17.3. The van der Waals surface area contributed by atoms with E-state index in [2.05, 4.69) is 0 Å². The van der Waals surface area contributed by atoms with Gasteiger partial charge in [-0.1, -0.05) is 18.2 Å². The maximum Gasteiger partial charge on any atom is 0.270 e. The quantitative estimate of drug-likeness (QED) is 0.559. The van der Waals surface area contributed by atoms with Gasteiger partial charge < -0.3 is 9.47 Å². The minimum atomic E-state index is -0.349. The monoisotopic (exact) mass is 359 g/mol. The van der Waals surface area contributed by atoms with Gasteiger partial charge in [-0.25, -0.2) is 9.45 Å². The SMILES string of the molecule is CCOc1ccc(C(=CC(=O)N(C)OC)c2ccc(F)cc2)cc1OC. The molecule has 6 heteroatoms. The number of benzene rings is 2. The number of amides is 1. The first-order valence-corrected chi connectivity index (χ1v) is 8.10. The molecule has 0 N–H and O–H groups in total. The summed E-state index contributed by atoms with van der Waals surface area (Å²) in [5.41, 5.74) is 2.03. The molecule has 1 amide bonds. The Labute approximate surface area is 152 Å². The van der Waals surface area contributed by atoms with Crippen LogP contribution in [0.3, 0.4) is 0 Å². The topological polar surface area (TPSA) is 48.0 Å². The van der Waals surface area contributed by atoms with Crippen LogP contribution in [-0.4, -0.2) is 38.8 Å². The van der Waals surface area contributed by atoms with Crippen LogP contribution in [0, 0.1) is 5.82 Å². The number of likely N-dealkylation sites (N-methyl/N-ethyl adjacent to an activating group) is 1. The smallest absolute Gasteiger partial charge is 0.270 e. The summed E-state index contributed by atoms with van der Waals surface area (Å²) in [5.74, 6) is 0.458. The Balaban J connectivity index is 2.55. The van der Waals surface area contributed by atoms with Crippen molar-refractivity contribution in [1.82, 2.24) is 5.06 Å². The Hall–Kier alpha value is -2.86. The summed E-state index contributed by atoms with van der Waals surface area (Å²) in [6.45, 7) is 2.39. The molecule has 0 bridgehead atoms. The average Bonchev–Trinajstić information content (AvgIpc) is 2.66. The van der Waals surface area contributed by atoms with Crippen LogP contribution >= 0.6 is 0 Å². The van der Waals surface area contributed by atoms with E-state index in [0.29, 0.717) is 29.2 Å². The second-order valence-corrected chi connectivity index (χ2v) is 5.38. The maximum atomic E-state index is 13.3. The fourth-order valence-corrected chi connectivity index (χ4v) is 2.38. The summed E-state index contributed by atoms with van der Waals surface area (Å²) >= 11 is 0. The Morgan fingerprint density at radius 2 is 1.73 bits per heavy atom. The highest BCUT2D eigenvalue weighted by molar-refractivity contribution is 5.98. The zero-order chi connectivity index (χ0) is 19.1. The molecule has 0 aliphatic rings. The van der Waals surface area contributed by atoms with Gasteiger partial charge in [-0.05, 0) is 47.9 Å². The number of rotatable bonds is 7. The van der Waals surface area contributed by atoms with E-state index in [4.69, 9.17) is 14.3 Å². The number of halogens is 1. The van der Waals surface area contributed by atoms with Gasteiger partial charge in [0.2, 0.25) is 0 Å². The molecule has 0 radical (unpaired) electrons. The fourth-order valence-electron chi connectivity index (χ4n) is 2.38. The van der Waals surface area contributed by atoms with Crippen molar-refractivity contribution >= 4 is 11.5 Å². The molecule has 0 aliphatic heterocycles. The summed E-state index contributed by atoms with van der Waals surface area (Å²) in [6, 6.07) is 11.3. The van der Waals surface area contributed by atoms with Crippen molar-refractivity contribution in [2.24, 2.45) is 0 Å². The zero-order valence-corrected chi connectivity index (χ0v) is 15.3. The Kier molecular flexibility index (Phi) is 6.74. The first-order valence-electron chi connectivity index (χ1n) is 8.10. The minimum Gasteiger partial charge on any atom is -0.493 e. The van der Waals surface area contributed by atoms with Crippen molar-refractivity contribution in [3.05, 3.63) is 65.5 Å². The van der Waals surface area contributed by atoms with Gasteiger partial charge in [-0.3, -0.25) is 9.63 Å². The molecule has 26 heavy (non-hydrogen) atoms. The lowest BCUT2D eigenvalue weighted by Crippen LogP contribution is -2.23. The second-order valence-electron chi connectivity index (χ2n) is 5.38. The van der Waals surface area contributed by atoms with Crippen LogP contribution in [0.4, 0.5) is 4.39 Å². The number of ether oxygens (including phenoxy) is 2. The van der Waals surface area contributed by atoms with Crippen molar-refractivity contribution in [3.63, 3.8) is 0 Å².